The Hall–Kier alpha value is -0.870. The molecule has 108 valence electrons. The van der Waals surface area contributed by atoms with E-state index in [1.54, 1.807) is 7.05 Å². The molecule has 0 aliphatic carbocycles. The van der Waals surface area contributed by atoms with Crippen molar-refractivity contribution < 1.29 is 24.9 Å². The molecular weight excluding hydrogens is 274 g/mol. The molecular formula is C10H17N3O5S. The Kier molecular flexibility index (Phi) is 4.63. The van der Waals surface area contributed by atoms with Crippen LogP contribution in [-0.2, 0) is 9.53 Å². The summed E-state index contributed by atoms with van der Waals surface area (Å²) in [6, 6.07) is -0.408. The number of carboxylic acids is 1. The first kappa shape index (κ1) is 14.5. The number of hydrogen-bond acceptors (Lipinski definition) is 7. The number of thioether (sulfide) groups is 1. The van der Waals surface area contributed by atoms with Crippen LogP contribution in [0.25, 0.3) is 0 Å². The van der Waals surface area contributed by atoms with E-state index in [0.29, 0.717) is 5.17 Å². The molecule has 2 heterocycles. The Morgan fingerprint density at radius 1 is 1.53 bits per heavy atom. The SMILES string of the molecule is CN=C1NC2C(OC(CNCC(=O)O)C(O)C2O)S1. The number of fused-ring (bicyclic) bond motifs is 1. The van der Waals surface area contributed by atoms with Crippen LogP contribution in [0.1, 0.15) is 0 Å². The van der Waals surface area contributed by atoms with Gasteiger partial charge in [0.05, 0.1) is 12.6 Å². The van der Waals surface area contributed by atoms with E-state index in [1.807, 2.05) is 0 Å². The molecule has 2 fully saturated rings. The van der Waals surface area contributed by atoms with Gasteiger partial charge in [-0.1, -0.05) is 11.8 Å². The molecule has 19 heavy (non-hydrogen) atoms. The Morgan fingerprint density at radius 2 is 2.26 bits per heavy atom. The van der Waals surface area contributed by atoms with Crippen molar-refractivity contribution in [3.63, 3.8) is 0 Å². The Bertz CT molecular complexity index is 380. The van der Waals surface area contributed by atoms with Gasteiger partial charge in [-0.15, -0.1) is 0 Å². The summed E-state index contributed by atoms with van der Waals surface area (Å²) in [6.07, 6.45) is -2.71. The fourth-order valence-electron chi connectivity index (χ4n) is 2.08. The number of carboxylic acid groups (broad SMARTS) is 1. The van der Waals surface area contributed by atoms with Crippen LogP contribution in [0.5, 0.6) is 0 Å². The molecule has 0 amide bonds. The number of rotatable bonds is 4. The maximum atomic E-state index is 10.4. The predicted molar refractivity (Wildman–Crippen MR) is 69.1 cm³/mol. The lowest BCUT2D eigenvalue weighted by atomic mass is 9.98. The van der Waals surface area contributed by atoms with Crippen molar-refractivity contribution in [2.24, 2.45) is 4.99 Å². The van der Waals surface area contributed by atoms with Gasteiger partial charge in [0.15, 0.2) is 5.17 Å². The van der Waals surface area contributed by atoms with E-state index in [2.05, 4.69) is 15.6 Å². The maximum Gasteiger partial charge on any atom is 0.317 e. The van der Waals surface area contributed by atoms with E-state index in [1.165, 1.54) is 11.8 Å². The number of aliphatic carboxylic acids is 1. The number of aliphatic imine (C=N–C) groups is 1. The highest BCUT2D eigenvalue weighted by molar-refractivity contribution is 8.14. The molecule has 0 aromatic rings. The van der Waals surface area contributed by atoms with Crippen molar-refractivity contribution in [3.05, 3.63) is 0 Å². The average Bonchev–Trinajstić information content (AvgIpc) is 2.78. The zero-order chi connectivity index (χ0) is 14.0. The number of aliphatic hydroxyl groups is 2. The molecule has 5 unspecified atom stereocenters. The molecule has 9 heteroatoms. The minimum absolute atomic E-state index is 0.160. The lowest BCUT2D eigenvalue weighted by Gasteiger charge is -2.38. The summed E-state index contributed by atoms with van der Waals surface area (Å²) in [7, 11) is 1.63. The zero-order valence-corrected chi connectivity index (χ0v) is 11.1. The van der Waals surface area contributed by atoms with Gasteiger partial charge < -0.3 is 30.7 Å². The monoisotopic (exact) mass is 291 g/mol. The number of aliphatic hydroxyl groups excluding tert-OH is 2. The molecule has 0 spiro atoms. The first-order valence-corrected chi connectivity index (χ1v) is 6.75. The minimum atomic E-state index is -1.08. The Balaban J connectivity index is 1.94. The first-order valence-electron chi connectivity index (χ1n) is 5.87. The minimum Gasteiger partial charge on any atom is -0.480 e. The summed E-state index contributed by atoms with van der Waals surface area (Å²) in [6.45, 7) is -0.0588. The normalized spacial score (nSPS) is 39.9. The molecule has 0 bridgehead atoms. The maximum absolute atomic E-state index is 10.4. The highest BCUT2D eigenvalue weighted by atomic mass is 32.2. The largest absolute Gasteiger partial charge is 0.480 e. The number of hydrogen-bond donors (Lipinski definition) is 5. The van der Waals surface area contributed by atoms with Crippen LogP contribution in [0.15, 0.2) is 4.99 Å². The van der Waals surface area contributed by atoms with Gasteiger partial charge in [-0.3, -0.25) is 9.79 Å². The van der Waals surface area contributed by atoms with Gasteiger partial charge in [-0.2, -0.15) is 0 Å². The van der Waals surface area contributed by atoms with Crippen molar-refractivity contribution in [2.75, 3.05) is 20.1 Å². The van der Waals surface area contributed by atoms with Crippen molar-refractivity contribution in [3.8, 4) is 0 Å². The molecule has 0 aromatic carbocycles. The predicted octanol–water partition coefficient (Wildman–Crippen LogP) is -2.20. The highest BCUT2D eigenvalue weighted by Gasteiger charge is 2.48. The molecule has 0 radical (unpaired) electrons. The van der Waals surface area contributed by atoms with E-state index in [0.717, 1.165) is 0 Å². The third-order valence-electron chi connectivity index (χ3n) is 3.04. The summed E-state index contributed by atoms with van der Waals surface area (Å²) in [5.74, 6) is -0.985. The topological polar surface area (TPSA) is 123 Å². The molecule has 5 atom stereocenters. The van der Waals surface area contributed by atoms with Gasteiger partial charge in [0.25, 0.3) is 0 Å². The van der Waals surface area contributed by atoms with Crippen molar-refractivity contribution in [1.82, 2.24) is 10.6 Å². The standard InChI is InChI=1S/C10H17N3O5S/c1-11-10-13-6-8(17)7(16)4(18-9(6)19-10)2-12-3-5(14)15/h4,6-9,12,16-17H,2-3H2,1H3,(H,11,13)(H,14,15). The number of carbonyl (C=O) groups is 1. The number of ether oxygens (including phenoxy) is 1. The van der Waals surface area contributed by atoms with Gasteiger partial charge in [0, 0.05) is 13.6 Å². The second-order valence-electron chi connectivity index (χ2n) is 4.37. The van der Waals surface area contributed by atoms with Crippen LogP contribution in [0.2, 0.25) is 0 Å². The van der Waals surface area contributed by atoms with Crippen LogP contribution in [0, 0.1) is 0 Å². The van der Waals surface area contributed by atoms with Crippen LogP contribution in [0.3, 0.4) is 0 Å². The second kappa shape index (κ2) is 6.06. The smallest absolute Gasteiger partial charge is 0.317 e. The summed E-state index contributed by atoms with van der Waals surface area (Å²) < 4.78 is 5.66. The average molecular weight is 291 g/mol. The molecule has 0 aromatic heterocycles. The number of nitrogens with zero attached hydrogens (tertiary/aromatic N) is 1. The lowest BCUT2D eigenvalue weighted by molar-refractivity contribution is -0.154. The van der Waals surface area contributed by atoms with Gasteiger partial charge >= 0.3 is 5.97 Å². The Morgan fingerprint density at radius 3 is 2.89 bits per heavy atom. The highest BCUT2D eigenvalue weighted by Crippen LogP contribution is 2.33. The van der Waals surface area contributed by atoms with Crippen LogP contribution in [0.4, 0.5) is 0 Å². The first-order chi connectivity index (χ1) is 9.02. The lowest BCUT2D eigenvalue weighted by Crippen LogP contribution is -2.60. The molecule has 2 saturated heterocycles. The van der Waals surface area contributed by atoms with Crippen molar-refractivity contribution >= 4 is 22.9 Å². The molecule has 2 aliphatic heterocycles. The number of nitrogens with one attached hydrogen (secondary N) is 2. The molecule has 0 saturated carbocycles. The van der Waals surface area contributed by atoms with E-state index < -0.39 is 30.3 Å². The van der Waals surface area contributed by atoms with E-state index >= 15 is 0 Å². The third kappa shape index (κ3) is 3.18. The molecule has 5 N–H and O–H groups in total. The van der Waals surface area contributed by atoms with Gasteiger partial charge in [-0.25, -0.2) is 0 Å². The second-order valence-corrected chi connectivity index (χ2v) is 5.45. The van der Waals surface area contributed by atoms with E-state index in [-0.39, 0.29) is 18.5 Å². The van der Waals surface area contributed by atoms with E-state index in [9.17, 15) is 15.0 Å². The molecule has 8 nitrogen and oxygen atoms in total. The van der Waals surface area contributed by atoms with Crippen molar-refractivity contribution in [1.29, 1.82) is 0 Å². The molecule has 2 rings (SSSR count). The summed E-state index contributed by atoms with van der Waals surface area (Å²) in [5.41, 5.74) is -0.339. The quantitative estimate of drug-likeness (QED) is 0.395. The van der Waals surface area contributed by atoms with Crippen LogP contribution in [-0.4, -0.2) is 76.4 Å². The van der Waals surface area contributed by atoms with Crippen LogP contribution >= 0.6 is 11.8 Å². The number of amidine groups is 1. The van der Waals surface area contributed by atoms with Gasteiger partial charge in [0.1, 0.15) is 23.7 Å². The van der Waals surface area contributed by atoms with Gasteiger partial charge in [-0.05, 0) is 0 Å². The van der Waals surface area contributed by atoms with Crippen LogP contribution < -0.4 is 10.6 Å². The summed E-state index contributed by atoms with van der Waals surface area (Å²) in [5, 5.41) is 34.8. The molecule has 2 aliphatic rings. The fraction of sp³-hybridized carbons (Fsp3) is 0.800. The van der Waals surface area contributed by atoms with E-state index in [4.69, 9.17) is 9.84 Å². The summed E-state index contributed by atoms with van der Waals surface area (Å²) >= 11 is 1.35. The fourth-order valence-corrected chi connectivity index (χ4v) is 3.18. The zero-order valence-electron chi connectivity index (χ0n) is 10.3. The van der Waals surface area contributed by atoms with Crippen molar-refractivity contribution in [2.45, 2.75) is 29.8 Å². The van der Waals surface area contributed by atoms with Gasteiger partial charge in [0.2, 0.25) is 0 Å². The summed E-state index contributed by atoms with van der Waals surface area (Å²) in [4.78, 5) is 14.4. The third-order valence-corrected chi connectivity index (χ3v) is 4.20. The Labute approximate surface area is 114 Å².